The van der Waals surface area contributed by atoms with Crippen LogP contribution in [0.1, 0.15) is 25.5 Å². The van der Waals surface area contributed by atoms with E-state index in [9.17, 15) is 14.9 Å². The van der Waals surface area contributed by atoms with E-state index in [0.717, 1.165) is 22.3 Å². The highest BCUT2D eigenvalue weighted by molar-refractivity contribution is 5.97. The van der Waals surface area contributed by atoms with Gasteiger partial charge >= 0.3 is 0 Å². The van der Waals surface area contributed by atoms with Gasteiger partial charge in [-0.1, -0.05) is 12.1 Å². The number of fused-ring (bicyclic) bond motifs is 3. The van der Waals surface area contributed by atoms with Crippen LogP contribution in [0.4, 0.5) is 11.6 Å². The van der Waals surface area contributed by atoms with Crippen molar-refractivity contribution in [3.8, 4) is 0 Å². The van der Waals surface area contributed by atoms with Crippen LogP contribution in [0.5, 0.6) is 0 Å². The number of ketones is 1. The summed E-state index contributed by atoms with van der Waals surface area (Å²) < 4.78 is 1.97. The molecular weight excluding hydrogens is 332 g/mol. The van der Waals surface area contributed by atoms with Gasteiger partial charge in [-0.05, 0) is 43.7 Å². The molecule has 1 N–H and O–H groups in total. The molecule has 4 rings (SSSR count). The number of para-hydroxylation sites is 2. The lowest BCUT2D eigenvalue weighted by Gasteiger charge is -2.30. The number of hydrogen-bond acceptors (Lipinski definition) is 5. The van der Waals surface area contributed by atoms with Crippen LogP contribution < -0.4 is 5.32 Å². The lowest BCUT2D eigenvalue weighted by Crippen LogP contribution is -2.26. The first-order chi connectivity index (χ1) is 12.5. The van der Waals surface area contributed by atoms with E-state index in [1.807, 2.05) is 35.8 Å². The second-order valence-electron chi connectivity index (χ2n) is 6.27. The van der Waals surface area contributed by atoms with E-state index in [4.69, 9.17) is 0 Å². The molecule has 7 heteroatoms. The van der Waals surface area contributed by atoms with Crippen molar-refractivity contribution in [1.82, 2.24) is 9.55 Å². The summed E-state index contributed by atoms with van der Waals surface area (Å²) in [6.07, 6.45) is 0. The molecule has 1 unspecified atom stereocenters. The zero-order valence-electron chi connectivity index (χ0n) is 14.3. The molecule has 2 aromatic carbocycles. The normalized spacial score (nSPS) is 16.3. The van der Waals surface area contributed by atoms with Crippen LogP contribution in [0, 0.1) is 10.1 Å². The molecule has 26 heavy (non-hydrogen) atoms. The van der Waals surface area contributed by atoms with Gasteiger partial charge in [0.1, 0.15) is 0 Å². The van der Waals surface area contributed by atoms with Gasteiger partial charge in [0.05, 0.1) is 22.0 Å². The van der Waals surface area contributed by atoms with Crippen molar-refractivity contribution in [2.24, 2.45) is 0 Å². The molecule has 0 saturated heterocycles. The standard InChI is InChI=1S/C19H16N4O3/c1-11-17(12(2)24)18(13-7-9-14(10-8-13)23(25)26)22-16-6-4-3-5-15(16)21-19(22)20-11/h3-10,18H,1-2H3,(H,20,21). The quantitative estimate of drug-likeness (QED) is 0.574. The first-order valence-electron chi connectivity index (χ1n) is 8.17. The third-order valence-corrected chi connectivity index (χ3v) is 4.63. The Morgan fingerprint density at radius 1 is 1.19 bits per heavy atom. The third-order valence-electron chi connectivity index (χ3n) is 4.63. The molecule has 7 nitrogen and oxygen atoms in total. The maximum Gasteiger partial charge on any atom is 0.269 e. The molecule has 0 bridgehead atoms. The third kappa shape index (κ3) is 2.36. The van der Waals surface area contributed by atoms with Crippen LogP contribution in [-0.2, 0) is 4.79 Å². The summed E-state index contributed by atoms with van der Waals surface area (Å²) in [6, 6.07) is 13.6. The molecular formula is C19H16N4O3. The molecule has 1 aromatic heterocycles. The fourth-order valence-corrected chi connectivity index (χ4v) is 3.51. The highest BCUT2D eigenvalue weighted by Crippen LogP contribution is 2.39. The van der Waals surface area contributed by atoms with Crippen LogP contribution >= 0.6 is 0 Å². The number of anilines is 1. The topological polar surface area (TPSA) is 90.1 Å². The molecule has 3 aromatic rings. The minimum Gasteiger partial charge on any atom is -0.329 e. The molecule has 0 fully saturated rings. The number of rotatable bonds is 3. The maximum absolute atomic E-state index is 12.4. The van der Waals surface area contributed by atoms with Gasteiger partial charge in [-0.3, -0.25) is 19.5 Å². The predicted octanol–water partition coefficient (Wildman–Crippen LogP) is 3.82. The fourth-order valence-electron chi connectivity index (χ4n) is 3.51. The van der Waals surface area contributed by atoms with Crippen molar-refractivity contribution in [2.45, 2.75) is 19.9 Å². The van der Waals surface area contributed by atoms with Crippen molar-refractivity contribution in [3.63, 3.8) is 0 Å². The summed E-state index contributed by atoms with van der Waals surface area (Å²) in [5.74, 6) is 0.596. The van der Waals surface area contributed by atoms with Crippen molar-refractivity contribution in [2.75, 3.05) is 5.32 Å². The Hall–Kier alpha value is -3.48. The molecule has 1 aliphatic heterocycles. The number of aromatic nitrogens is 2. The Morgan fingerprint density at radius 2 is 1.88 bits per heavy atom. The van der Waals surface area contributed by atoms with Gasteiger partial charge in [0.2, 0.25) is 5.95 Å². The Morgan fingerprint density at radius 3 is 2.54 bits per heavy atom. The number of benzene rings is 2. The number of allylic oxidation sites excluding steroid dienone is 2. The molecule has 0 radical (unpaired) electrons. The molecule has 0 spiro atoms. The number of nitro benzene ring substituents is 1. The number of hydrogen-bond donors (Lipinski definition) is 1. The van der Waals surface area contributed by atoms with Gasteiger partial charge in [0.15, 0.2) is 5.78 Å². The Bertz CT molecular complexity index is 1080. The lowest BCUT2D eigenvalue weighted by atomic mass is 9.92. The number of carbonyl (C=O) groups is 1. The summed E-state index contributed by atoms with van der Waals surface area (Å²) in [6.45, 7) is 3.38. The second-order valence-corrected chi connectivity index (χ2v) is 6.27. The molecule has 1 atom stereocenters. The molecule has 1 aliphatic rings. The van der Waals surface area contributed by atoms with Crippen molar-refractivity contribution in [3.05, 3.63) is 75.5 Å². The van der Waals surface area contributed by atoms with Crippen LogP contribution in [0.25, 0.3) is 11.0 Å². The zero-order chi connectivity index (χ0) is 18.4. The second kappa shape index (κ2) is 5.80. The van der Waals surface area contributed by atoms with Gasteiger partial charge < -0.3 is 5.32 Å². The summed E-state index contributed by atoms with van der Waals surface area (Å²) in [7, 11) is 0. The number of carbonyl (C=O) groups excluding carboxylic acids is 1. The van der Waals surface area contributed by atoms with Crippen LogP contribution in [0.15, 0.2) is 59.8 Å². The van der Waals surface area contributed by atoms with Crippen molar-refractivity contribution >= 4 is 28.5 Å². The molecule has 0 aliphatic carbocycles. The predicted molar refractivity (Wildman–Crippen MR) is 98.0 cm³/mol. The number of nitro groups is 1. The lowest BCUT2D eigenvalue weighted by molar-refractivity contribution is -0.384. The van der Waals surface area contributed by atoms with Crippen LogP contribution in [0.2, 0.25) is 0 Å². The first kappa shape index (κ1) is 16.0. The Labute approximate surface area is 149 Å². The maximum atomic E-state index is 12.4. The number of nitrogens with zero attached hydrogens (tertiary/aromatic N) is 3. The molecule has 0 saturated carbocycles. The summed E-state index contributed by atoms with van der Waals surface area (Å²) in [5.41, 5.74) is 3.89. The van der Waals surface area contributed by atoms with Gasteiger partial charge in [-0.25, -0.2) is 4.98 Å². The smallest absolute Gasteiger partial charge is 0.269 e. The van der Waals surface area contributed by atoms with Gasteiger partial charge in [0, 0.05) is 23.4 Å². The van der Waals surface area contributed by atoms with E-state index in [1.54, 1.807) is 12.1 Å². The van der Waals surface area contributed by atoms with E-state index in [1.165, 1.54) is 19.1 Å². The zero-order valence-corrected chi connectivity index (χ0v) is 14.3. The van der Waals surface area contributed by atoms with Gasteiger partial charge in [-0.2, -0.15) is 0 Å². The number of Topliss-reactive ketones (excluding diaryl/α,β-unsaturated/α-hetero) is 1. The highest BCUT2D eigenvalue weighted by atomic mass is 16.6. The fraction of sp³-hybridized carbons (Fsp3) is 0.158. The van der Waals surface area contributed by atoms with E-state index >= 15 is 0 Å². The summed E-state index contributed by atoms with van der Waals surface area (Å²) in [4.78, 5) is 27.5. The highest BCUT2D eigenvalue weighted by Gasteiger charge is 2.32. The average Bonchev–Trinajstić information content (AvgIpc) is 2.98. The van der Waals surface area contributed by atoms with E-state index < -0.39 is 11.0 Å². The SMILES string of the molecule is CC(=O)C1=C(C)Nc2nc3ccccc3n2C1c1ccc([N+](=O)[O-])cc1. The molecule has 2 heterocycles. The van der Waals surface area contributed by atoms with Gasteiger partial charge in [-0.15, -0.1) is 0 Å². The van der Waals surface area contributed by atoms with Gasteiger partial charge in [0.25, 0.3) is 5.69 Å². The first-order valence-corrected chi connectivity index (χ1v) is 8.17. The molecule has 0 amide bonds. The summed E-state index contributed by atoms with van der Waals surface area (Å²) in [5, 5.41) is 14.2. The number of non-ortho nitro benzene ring substituents is 1. The monoisotopic (exact) mass is 348 g/mol. The van der Waals surface area contributed by atoms with E-state index in [-0.39, 0.29) is 11.5 Å². The largest absolute Gasteiger partial charge is 0.329 e. The molecule has 130 valence electrons. The van der Waals surface area contributed by atoms with Crippen LogP contribution in [-0.4, -0.2) is 20.3 Å². The number of imidazole rings is 1. The minimum absolute atomic E-state index is 0.0171. The van der Waals surface area contributed by atoms with E-state index in [2.05, 4.69) is 10.3 Å². The van der Waals surface area contributed by atoms with Crippen molar-refractivity contribution in [1.29, 1.82) is 0 Å². The number of nitrogens with one attached hydrogen (secondary N) is 1. The Kier molecular flexibility index (Phi) is 3.57. The summed E-state index contributed by atoms with van der Waals surface area (Å²) >= 11 is 0. The Balaban J connectivity index is 1.97. The van der Waals surface area contributed by atoms with Crippen molar-refractivity contribution < 1.29 is 9.72 Å². The average molecular weight is 348 g/mol. The van der Waals surface area contributed by atoms with Crippen LogP contribution in [0.3, 0.4) is 0 Å². The van der Waals surface area contributed by atoms with E-state index in [0.29, 0.717) is 11.5 Å². The minimum atomic E-state index is -0.433.